The highest BCUT2D eigenvalue weighted by Gasteiger charge is 2.74. The predicted octanol–water partition coefficient (Wildman–Crippen LogP) is 3.34. The summed E-state index contributed by atoms with van der Waals surface area (Å²) in [4.78, 5) is 0. The van der Waals surface area contributed by atoms with Gasteiger partial charge in [0, 0.05) is 24.9 Å². The molecule has 0 aromatic carbocycles. The number of hydrogen-bond donors (Lipinski definition) is 3. The average molecular weight is 494 g/mol. The van der Waals surface area contributed by atoms with Crippen molar-refractivity contribution in [1.29, 1.82) is 0 Å². The van der Waals surface area contributed by atoms with Gasteiger partial charge in [-0.25, -0.2) is 0 Å². The quantitative estimate of drug-likeness (QED) is 0.518. The number of ether oxygens (including phenoxy) is 4. The number of aliphatic hydroxyl groups is 2. The summed E-state index contributed by atoms with van der Waals surface area (Å²) in [6.07, 6.45) is 9.80. The van der Waals surface area contributed by atoms with Crippen LogP contribution in [0.2, 0.25) is 0 Å². The second kappa shape index (κ2) is 8.36. The molecule has 2 aliphatic heterocycles. The average Bonchev–Trinajstić information content (AvgIpc) is 3.28. The molecule has 6 rings (SSSR count). The third kappa shape index (κ3) is 3.48. The summed E-state index contributed by atoms with van der Waals surface area (Å²) < 4.78 is 24.2. The van der Waals surface area contributed by atoms with E-state index in [-0.39, 0.29) is 47.4 Å². The molecule has 35 heavy (non-hydrogen) atoms. The van der Waals surface area contributed by atoms with Crippen molar-refractivity contribution in [2.75, 3.05) is 13.7 Å². The smallest absolute Gasteiger partial charge is 0.166 e. The Labute approximate surface area is 210 Å². The first-order valence-electron chi connectivity index (χ1n) is 14.2. The molecule has 6 aliphatic rings. The number of rotatable bonds is 3. The Kier molecular flexibility index (Phi) is 5.98. The van der Waals surface area contributed by atoms with Gasteiger partial charge in [0.25, 0.3) is 0 Å². The molecule has 0 aromatic heterocycles. The monoisotopic (exact) mass is 493 g/mol. The fourth-order valence-electron chi connectivity index (χ4n) is 10.2. The fourth-order valence-corrected chi connectivity index (χ4v) is 10.2. The Hall–Kier alpha value is -0.280. The Bertz CT molecular complexity index is 823. The van der Waals surface area contributed by atoms with Gasteiger partial charge in [-0.2, -0.15) is 0 Å². The normalized spacial score (nSPS) is 59.9. The topological polar surface area (TPSA) is 103 Å². The maximum atomic E-state index is 12.3. The zero-order valence-corrected chi connectivity index (χ0v) is 22.1. The van der Waals surface area contributed by atoms with Crippen LogP contribution in [0.4, 0.5) is 0 Å². The van der Waals surface area contributed by atoms with E-state index in [9.17, 15) is 10.2 Å². The Morgan fingerprint density at radius 2 is 1.74 bits per heavy atom. The van der Waals surface area contributed by atoms with Gasteiger partial charge in [0.1, 0.15) is 0 Å². The van der Waals surface area contributed by atoms with Crippen molar-refractivity contribution in [3.8, 4) is 0 Å². The molecular formula is C28H47NO6. The highest BCUT2D eigenvalue weighted by atomic mass is 16.7. The summed E-state index contributed by atoms with van der Waals surface area (Å²) in [5, 5.41) is 23.2. The first-order chi connectivity index (χ1) is 16.5. The summed E-state index contributed by atoms with van der Waals surface area (Å²) in [5.74, 6) is 0.408. The molecule has 13 atom stereocenters. The van der Waals surface area contributed by atoms with Crippen molar-refractivity contribution < 1.29 is 29.2 Å². The van der Waals surface area contributed by atoms with Gasteiger partial charge in [0.2, 0.25) is 0 Å². The number of fused-ring (bicyclic) bond motifs is 4. The molecule has 0 unspecified atom stereocenters. The SMILES string of the molecule is CO[C@@H]1C[C@H](O[C@H]2CC[C@@]3(C)[C@@H](CC[C@@H]4[C@@H]3CC[C@]35CO[C@@](C)(O)[C@H]3CC[C@]45O)C2)O[C@@H](C)[C@@H]1N. The lowest BCUT2D eigenvalue weighted by atomic mass is 9.43. The third-order valence-corrected chi connectivity index (χ3v) is 12.2. The summed E-state index contributed by atoms with van der Waals surface area (Å²) in [6.45, 7) is 6.82. The number of hydrogen-bond acceptors (Lipinski definition) is 7. The second-order valence-corrected chi connectivity index (χ2v) is 13.4. The van der Waals surface area contributed by atoms with Gasteiger partial charge in [0.15, 0.2) is 12.1 Å². The molecule has 1 spiro atoms. The van der Waals surface area contributed by atoms with Gasteiger partial charge in [0.05, 0.1) is 36.6 Å². The summed E-state index contributed by atoms with van der Waals surface area (Å²) in [5.41, 5.74) is 5.50. The Morgan fingerprint density at radius 1 is 0.943 bits per heavy atom. The van der Waals surface area contributed by atoms with Crippen molar-refractivity contribution >= 4 is 0 Å². The van der Waals surface area contributed by atoms with Crippen LogP contribution in [-0.4, -0.2) is 66.0 Å². The van der Waals surface area contributed by atoms with Crippen molar-refractivity contribution in [2.45, 2.75) is 127 Å². The summed E-state index contributed by atoms with van der Waals surface area (Å²) >= 11 is 0. The van der Waals surface area contributed by atoms with Gasteiger partial charge in [-0.15, -0.1) is 0 Å². The van der Waals surface area contributed by atoms with Crippen LogP contribution in [0.5, 0.6) is 0 Å². The highest BCUT2D eigenvalue weighted by molar-refractivity contribution is 5.21. The van der Waals surface area contributed by atoms with E-state index in [4.69, 9.17) is 24.7 Å². The molecule has 7 heteroatoms. The van der Waals surface area contributed by atoms with Crippen LogP contribution >= 0.6 is 0 Å². The lowest BCUT2D eigenvalue weighted by Gasteiger charge is -2.63. The van der Waals surface area contributed by atoms with E-state index >= 15 is 0 Å². The minimum atomic E-state index is -1.10. The Morgan fingerprint density at radius 3 is 2.51 bits per heavy atom. The van der Waals surface area contributed by atoms with E-state index in [0.717, 1.165) is 57.8 Å². The number of nitrogens with two attached hydrogens (primary N) is 1. The first kappa shape index (κ1) is 25.0. The molecule has 0 bridgehead atoms. The molecule has 0 amide bonds. The molecular weight excluding hydrogens is 446 g/mol. The van der Waals surface area contributed by atoms with Gasteiger partial charge < -0.3 is 34.9 Å². The minimum Gasteiger partial charge on any atom is -0.389 e. The summed E-state index contributed by atoms with van der Waals surface area (Å²) in [6, 6.07) is -0.116. The number of methoxy groups -OCH3 is 1. The van der Waals surface area contributed by atoms with Crippen LogP contribution in [0.3, 0.4) is 0 Å². The van der Waals surface area contributed by atoms with Crippen molar-refractivity contribution in [2.24, 2.45) is 40.2 Å². The van der Waals surface area contributed by atoms with E-state index in [1.807, 2.05) is 13.8 Å². The highest BCUT2D eigenvalue weighted by Crippen LogP contribution is 2.72. The van der Waals surface area contributed by atoms with Gasteiger partial charge in [-0.05, 0) is 94.8 Å². The zero-order valence-electron chi connectivity index (χ0n) is 22.1. The van der Waals surface area contributed by atoms with Gasteiger partial charge >= 0.3 is 0 Å². The van der Waals surface area contributed by atoms with E-state index in [1.165, 1.54) is 0 Å². The molecule has 6 fully saturated rings. The maximum absolute atomic E-state index is 12.3. The molecule has 2 heterocycles. The van der Waals surface area contributed by atoms with Crippen LogP contribution in [0, 0.1) is 34.5 Å². The predicted molar refractivity (Wildman–Crippen MR) is 130 cm³/mol. The third-order valence-electron chi connectivity index (χ3n) is 12.2. The van der Waals surface area contributed by atoms with Crippen LogP contribution in [0.15, 0.2) is 0 Å². The van der Waals surface area contributed by atoms with Crippen molar-refractivity contribution in [3.63, 3.8) is 0 Å². The molecule has 200 valence electrons. The van der Waals surface area contributed by atoms with Gasteiger partial charge in [-0.3, -0.25) is 0 Å². The lowest BCUT2D eigenvalue weighted by molar-refractivity contribution is -0.255. The standard InChI is InChI=1S/C28H47NO6/c1-16-24(29)21(32-4)14-23(34-16)35-18-7-10-25(2)17(13-18)5-6-20-19(25)8-11-27-15-33-26(3,30)22(27)9-12-28(20,27)31/h16-24,30-31H,5-15,29H2,1-4H3/t16-,17-,18-,19-,20+,21+,22+,23-,24-,25-,26+,27-,28-/m0/s1. The van der Waals surface area contributed by atoms with Gasteiger partial charge in [-0.1, -0.05) is 6.92 Å². The van der Waals surface area contributed by atoms with E-state index in [2.05, 4.69) is 6.92 Å². The molecule has 4 saturated carbocycles. The molecule has 0 aromatic rings. The lowest BCUT2D eigenvalue weighted by Crippen LogP contribution is -2.63. The summed E-state index contributed by atoms with van der Waals surface area (Å²) in [7, 11) is 1.72. The molecule has 7 nitrogen and oxygen atoms in total. The molecule has 4 aliphatic carbocycles. The molecule has 4 N–H and O–H groups in total. The van der Waals surface area contributed by atoms with Crippen LogP contribution in [-0.2, 0) is 18.9 Å². The minimum absolute atomic E-state index is 0.0288. The van der Waals surface area contributed by atoms with Crippen LogP contribution in [0.1, 0.15) is 85.0 Å². The largest absolute Gasteiger partial charge is 0.389 e. The van der Waals surface area contributed by atoms with Crippen LogP contribution < -0.4 is 5.73 Å². The fraction of sp³-hybridized carbons (Fsp3) is 1.00. The second-order valence-electron chi connectivity index (χ2n) is 13.4. The Balaban J connectivity index is 1.15. The van der Waals surface area contributed by atoms with Crippen LogP contribution in [0.25, 0.3) is 0 Å². The van der Waals surface area contributed by atoms with E-state index < -0.39 is 11.4 Å². The van der Waals surface area contributed by atoms with E-state index in [1.54, 1.807) is 7.11 Å². The molecule has 2 saturated heterocycles. The van der Waals surface area contributed by atoms with Crippen molar-refractivity contribution in [1.82, 2.24) is 0 Å². The van der Waals surface area contributed by atoms with Crippen molar-refractivity contribution in [3.05, 3.63) is 0 Å². The van der Waals surface area contributed by atoms with E-state index in [0.29, 0.717) is 30.8 Å². The first-order valence-corrected chi connectivity index (χ1v) is 14.2. The molecule has 0 radical (unpaired) electrons. The maximum Gasteiger partial charge on any atom is 0.166 e. The zero-order chi connectivity index (χ0) is 24.8.